The third kappa shape index (κ3) is 3.85. The van der Waals surface area contributed by atoms with Gasteiger partial charge in [-0.1, -0.05) is 6.07 Å². The average molecular weight is 366 g/mol. The predicted molar refractivity (Wildman–Crippen MR) is 88.7 cm³/mol. The van der Waals surface area contributed by atoms with Gasteiger partial charge in [-0.05, 0) is 43.2 Å². The minimum absolute atomic E-state index is 0.0208. The molecule has 2 aromatic rings. The van der Waals surface area contributed by atoms with Gasteiger partial charge in [0.1, 0.15) is 11.6 Å². The Balaban J connectivity index is 1.84. The van der Waals surface area contributed by atoms with Crippen LogP contribution in [0.3, 0.4) is 0 Å². The van der Waals surface area contributed by atoms with Crippen molar-refractivity contribution in [2.24, 2.45) is 0 Å². The van der Waals surface area contributed by atoms with Crippen LogP contribution in [0.15, 0.2) is 47.4 Å². The minimum atomic E-state index is -3.65. The van der Waals surface area contributed by atoms with Crippen molar-refractivity contribution in [1.29, 1.82) is 0 Å². The van der Waals surface area contributed by atoms with Crippen molar-refractivity contribution in [1.82, 2.24) is 4.31 Å². The Morgan fingerprint density at radius 1 is 1.00 bits per heavy atom. The van der Waals surface area contributed by atoms with E-state index in [1.807, 2.05) is 0 Å². The second-order valence-electron chi connectivity index (χ2n) is 5.75. The van der Waals surface area contributed by atoms with E-state index in [9.17, 15) is 22.0 Å². The molecule has 3 rings (SSSR count). The minimum Gasteiger partial charge on any atom is -0.322 e. The number of benzene rings is 2. The maximum Gasteiger partial charge on any atom is 0.255 e. The summed E-state index contributed by atoms with van der Waals surface area (Å²) in [6.45, 7) is 0.919. The molecule has 1 aliphatic rings. The highest BCUT2D eigenvalue weighted by Gasteiger charge is 2.27. The van der Waals surface area contributed by atoms with Crippen molar-refractivity contribution in [2.75, 3.05) is 18.4 Å². The van der Waals surface area contributed by atoms with E-state index in [2.05, 4.69) is 5.32 Å². The molecule has 0 aliphatic carbocycles. The zero-order valence-electron chi connectivity index (χ0n) is 13.2. The fourth-order valence-electron chi connectivity index (χ4n) is 2.70. The fraction of sp³-hybridized carbons (Fsp3) is 0.235. The van der Waals surface area contributed by atoms with Crippen molar-refractivity contribution >= 4 is 21.6 Å². The van der Waals surface area contributed by atoms with Crippen LogP contribution in [0.4, 0.5) is 14.5 Å². The summed E-state index contributed by atoms with van der Waals surface area (Å²) in [5, 5.41) is 2.36. The molecular formula is C17H16F2N2O3S. The zero-order valence-corrected chi connectivity index (χ0v) is 14.0. The molecular weight excluding hydrogens is 350 g/mol. The number of amides is 1. The lowest BCUT2D eigenvalue weighted by atomic mass is 10.2. The van der Waals surface area contributed by atoms with E-state index >= 15 is 0 Å². The Morgan fingerprint density at radius 2 is 1.64 bits per heavy atom. The van der Waals surface area contributed by atoms with E-state index in [-0.39, 0.29) is 16.1 Å². The number of anilines is 1. The molecule has 0 bridgehead atoms. The summed E-state index contributed by atoms with van der Waals surface area (Å²) in [4.78, 5) is 12.3. The predicted octanol–water partition coefficient (Wildman–Crippen LogP) is 3.00. The van der Waals surface area contributed by atoms with Crippen LogP contribution < -0.4 is 5.32 Å². The Labute approximate surface area is 144 Å². The van der Waals surface area contributed by atoms with Crippen molar-refractivity contribution in [2.45, 2.75) is 17.7 Å². The van der Waals surface area contributed by atoms with E-state index in [1.165, 1.54) is 28.6 Å². The summed E-state index contributed by atoms with van der Waals surface area (Å²) in [7, 11) is -3.65. The quantitative estimate of drug-likeness (QED) is 0.905. The molecule has 1 aliphatic heterocycles. The maximum atomic E-state index is 13.2. The largest absolute Gasteiger partial charge is 0.322 e. The molecule has 5 nitrogen and oxygen atoms in total. The standard InChI is InChI=1S/C17H16F2N2O3S/c18-13-9-14(19)11-15(10-13)20-17(22)12-4-3-5-16(8-12)25(23,24)21-6-1-2-7-21/h3-5,8-11H,1-2,6-7H2,(H,20,22). The van der Waals surface area contributed by atoms with Crippen LogP contribution in [0.5, 0.6) is 0 Å². The molecule has 1 heterocycles. The van der Waals surface area contributed by atoms with Crippen LogP contribution in [0.1, 0.15) is 23.2 Å². The topological polar surface area (TPSA) is 66.5 Å². The number of hydrogen-bond acceptors (Lipinski definition) is 3. The van der Waals surface area contributed by atoms with Gasteiger partial charge >= 0.3 is 0 Å². The first-order chi connectivity index (χ1) is 11.9. The van der Waals surface area contributed by atoms with Crippen LogP contribution in [0.25, 0.3) is 0 Å². The smallest absolute Gasteiger partial charge is 0.255 e. The Bertz CT molecular complexity index is 890. The lowest BCUT2D eigenvalue weighted by Gasteiger charge is -2.16. The number of nitrogens with one attached hydrogen (secondary N) is 1. The van der Waals surface area contributed by atoms with Gasteiger partial charge in [0.15, 0.2) is 0 Å². The molecule has 1 saturated heterocycles. The Kier molecular flexibility index (Phi) is 4.82. The van der Waals surface area contributed by atoms with Gasteiger partial charge in [0.2, 0.25) is 10.0 Å². The molecule has 1 amide bonds. The Morgan fingerprint density at radius 3 is 2.28 bits per heavy atom. The number of hydrogen-bond donors (Lipinski definition) is 1. The van der Waals surface area contributed by atoms with Gasteiger partial charge in [0.25, 0.3) is 5.91 Å². The van der Waals surface area contributed by atoms with E-state index in [4.69, 9.17) is 0 Å². The number of halogens is 2. The van der Waals surface area contributed by atoms with Gasteiger partial charge in [-0.25, -0.2) is 17.2 Å². The summed E-state index contributed by atoms with van der Waals surface area (Å²) in [5.74, 6) is -2.29. The van der Waals surface area contributed by atoms with Crippen molar-refractivity contribution in [3.8, 4) is 0 Å². The monoisotopic (exact) mass is 366 g/mol. The van der Waals surface area contributed by atoms with E-state index < -0.39 is 27.6 Å². The molecule has 0 atom stereocenters. The van der Waals surface area contributed by atoms with Crippen molar-refractivity contribution in [3.05, 3.63) is 59.7 Å². The third-order valence-electron chi connectivity index (χ3n) is 3.92. The van der Waals surface area contributed by atoms with Gasteiger partial charge in [0.05, 0.1) is 4.90 Å². The fourth-order valence-corrected chi connectivity index (χ4v) is 4.27. The summed E-state index contributed by atoms with van der Waals surface area (Å²) in [6, 6.07) is 8.24. The van der Waals surface area contributed by atoms with Crippen molar-refractivity contribution < 1.29 is 22.0 Å². The molecule has 0 radical (unpaired) electrons. The summed E-state index contributed by atoms with van der Waals surface area (Å²) in [6.07, 6.45) is 1.62. The molecule has 132 valence electrons. The van der Waals surface area contributed by atoms with Crippen LogP contribution >= 0.6 is 0 Å². The molecule has 0 aromatic heterocycles. The van der Waals surface area contributed by atoms with Crippen LogP contribution in [0, 0.1) is 11.6 Å². The third-order valence-corrected chi connectivity index (χ3v) is 5.81. The first-order valence-electron chi connectivity index (χ1n) is 7.74. The maximum absolute atomic E-state index is 13.2. The van der Waals surface area contributed by atoms with Gasteiger partial charge in [0, 0.05) is 30.4 Å². The van der Waals surface area contributed by atoms with Gasteiger partial charge in [-0.15, -0.1) is 0 Å². The van der Waals surface area contributed by atoms with E-state index in [1.54, 1.807) is 0 Å². The van der Waals surface area contributed by atoms with Gasteiger partial charge < -0.3 is 5.32 Å². The normalized spacial score (nSPS) is 15.3. The van der Waals surface area contributed by atoms with Crippen LogP contribution in [-0.4, -0.2) is 31.7 Å². The number of rotatable bonds is 4. The SMILES string of the molecule is O=C(Nc1cc(F)cc(F)c1)c1cccc(S(=O)(=O)N2CCCC2)c1. The van der Waals surface area contributed by atoms with Gasteiger partial charge in [-0.2, -0.15) is 4.31 Å². The highest BCUT2D eigenvalue weighted by molar-refractivity contribution is 7.89. The molecule has 8 heteroatoms. The number of carbonyl (C=O) groups is 1. The highest BCUT2D eigenvalue weighted by atomic mass is 32.2. The lowest BCUT2D eigenvalue weighted by molar-refractivity contribution is 0.102. The van der Waals surface area contributed by atoms with Crippen LogP contribution in [0.2, 0.25) is 0 Å². The second-order valence-corrected chi connectivity index (χ2v) is 7.69. The Hall–Kier alpha value is -2.32. The molecule has 0 saturated carbocycles. The number of carbonyl (C=O) groups excluding carboxylic acids is 1. The molecule has 2 aromatic carbocycles. The summed E-state index contributed by atoms with van der Waals surface area (Å²) in [5.41, 5.74) is 0.0419. The molecule has 1 N–H and O–H groups in total. The molecule has 0 unspecified atom stereocenters. The molecule has 1 fully saturated rings. The molecule has 0 spiro atoms. The number of sulfonamides is 1. The average Bonchev–Trinajstić information content (AvgIpc) is 3.09. The van der Waals surface area contributed by atoms with Gasteiger partial charge in [-0.3, -0.25) is 4.79 Å². The lowest BCUT2D eigenvalue weighted by Crippen LogP contribution is -2.28. The first-order valence-corrected chi connectivity index (χ1v) is 9.18. The molecule has 25 heavy (non-hydrogen) atoms. The number of nitrogens with zero attached hydrogens (tertiary/aromatic N) is 1. The summed E-state index contributed by atoms with van der Waals surface area (Å²) >= 11 is 0. The summed E-state index contributed by atoms with van der Waals surface area (Å²) < 4.78 is 52.9. The van der Waals surface area contributed by atoms with Crippen molar-refractivity contribution in [3.63, 3.8) is 0 Å². The second kappa shape index (κ2) is 6.89. The van der Waals surface area contributed by atoms with E-state index in [0.29, 0.717) is 19.2 Å². The first kappa shape index (κ1) is 17.5. The zero-order chi connectivity index (χ0) is 18.0. The van der Waals surface area contributed by atoms with Crippen LogP contribution in [-0.2, 0) is 10.0 Å². The highest BCUT2D eigenvalue weighted by Crippen LogP contribution is 2.22. The van der Waals surface area contributed by atoms with E-state index in [0.717, 1.165) is 25.0 Å².